The quantitative estimate of drug-likeness (QED) is 0.821. The van der Waals surface area contributed by atoms with Crippen LogP contribution in [0.3, 0.4) is 0 Å². The number of amides is 1. The Morgan fingerprint density at radius 3 is 2.57 bits per heavy atom. The molecule has 0 saturated carbocycles. The van der Waals surface area contributed by atoms with E-state index in [-0.39, 0.29) is 23.0 Å². The van der Waals surface area contributed by atoms with Gasteiger partial charge in [-0.1, -0.05) is 11.6 Å². The highest BCUT2D eigenvalue weighted by Crippen LogP contribution is 2.32. The lowest BCUT2D eigenvalue weighted by Gasteiger charge is -2.36. The molecule has 0 bridgehead atoms. The van der Waals surface area contributed by atoms with Crippen LogP contribution in [-0.2, 0) is 0 Å². The van der Waals surface area contributed by atoms with E-state index in [0.29, 0.717) is 30.2 Å². The molecule has 0 unspecified atom stereocenters. The van der Waals surface area contributed by atoms with Gasteiger partial charge in [0.15, 0.2) is 11.5 Å². The van der Waals surface area contributed by atoms with E-state index in [4.69, 9.17) is 25.8 Å². The van der Waals surface area contributed by atoms with Crippen LogP contribution >= 0.6 is 11.6 Å². The Bertz CT molecular complexity index is 862. The molecule has 0 spiro atoms. The van der Waals surface area contributed by atoms with Gasteiger partial charge >= 0.3 is 0 Å². The standard InChI is InChI=1S/C20H21ClFNO5/c1-26-18-6-4-13(10-19(18)27-2)28-17-7-8-23(11-16(17)24)20(25)14-5-3-12(22)9-15(14)21/h3-6,9-10,16-17,24H,7-8,11H2,1-2H3/t16-,17-/m1/s1. The number of aliphatic hydroxyl groups excluding tert-OH is 1. The van der Waals surface area contributed by atoms with Crippen LogP contribution in [0.25, 0.3) is 0 Å². The second kappa shape index (κ2) is 8.67. The fourth-order valence-electron chi connectivity index (χ4n) is 3.13. The molecule has 1 N–H and O–H groups in total. The van der Waals surface area contributed by atoms with Crippen LogP contribution in [0.5, 0.6) is 17.2 Å². The van der Waals surface area contributed by atoms with Crippen molar-refractivity contribution < 1.29 is 28.5 Å². The first kappa shape index (κ1) is 20.2. The largest absolute Gasteiger partial charge is 0.493 e. The maximum atomic E-state index is 13.2. The van der Waals surface area contributed by atoms with Gasteiger partial charge in [-0.05, 0) is 30.3 Å². The molecule has 1 saturated heterocycles. The fourth-order valence-corrected chi connectivity index (χ4v) is 3.38. The van der Waals surface area contributed by atoms with E-state index in [1.54, 1.807) is 25.3 Å². The molecule has 8 heteroatoms. The van der Waals surface area contributed by atoms with Crippen LogP contribution in [0.4, 0.5) is 4.39 Å². The minimum atomic E-state index is -0.884. The van der Waals surface area contributed by atoms with Crippen LogP contribution in [-0.4, -0.2) is 55.4 Å². The summed E-state index contributed by atoms with van der Waals surface area (Å²) in [4.78, 5) is 14.1. The Morgan fingerprint density at radius 1 is 1.18 bits per heavy atom. The van der Waals surface area contributed by atoms with E-state index >= 15 is 0 Å². The minimum Gasteiger partial charge on any atom is -0.493 e. The molecule has 3 rings (SSSR count). The second-order valence-electron chi connectivity index (χ2n) is 6.40. The van der Waals surface area contributed by atoms with Crippen molar-refractivity contribution >= 4 is 17.5 Å². The van der Waals surface area contributed by atoms with Crippen molar-refractivity contribution in [3.05, 3.63) is 52.8 Å². The van der Waals surface area contributed by atoms with E-state index in [1.807, 2.05) is 0 Å². The fraction of sp³-hybridized carbons (Fsp3) is 0.350. The van der Waals surface area contributed by atoms with E-state index in [1.165, 1.54) is 24.1 Å². The second-order valence-corrected chi connectivity index (χ2v) is 6.81. The lowest BCUT2D eigenvalue weighted by atomic mass is 10.0. The van der Waals surface area contributed by atoms with E-state index in [2.05, 4.69) is 0 Å². The van der Waals surface area contributed by atoms with Crippen LogP contribution in [0.15, 0.2) is 36.4 Å². The molecule has 28 heavy (non-hydrogen) atoms. The average molecular weight is 410 g/mol. The first-order chi connectivity index (χ1) is 13.4. The number of hydrogen-bond acceptors (Lipinski definition) is 5. The highest BCUT2D eigenvalue weighted by atomic mass is 35.5. The van der Waals surface area contributed by atoms with Crippen molar-refractivity contribution in [3.8, 4) is 17.2 Å². The summed E-state index contributed by atoms with van der Waals surface area (Å²) in [5.41, 5.74) is 0.203. The predicted octanol–water partition coefficient (Wildman–Crippen LogP) is 3.15. The molecule has 0 aliphatic carbocycles. The predicted molar refractivity (Wildman–Crippen MR) is 102 cm³/mol. The van der Waals surface area contributed by atoms with Gasteiger partial charge in [0.25, 0.3) is 5.91 Å². The number of methoxy groups -OCH3 is 2. The minimum absolute atomic E-state index is 0.0446. The van der Waals surface area contributed by atoms with Crippen molar-refractivity contribution in [3.63, 3.8) is 0 Å². The van der Waals surface area contributed by atoms with Crippen LogP contribution in [0, 0.1) is 5.82 Å². The molecule has 2 aromatic carbocycles. The van der Waals surface area contributed by atoms with Crippen molar-refractivity contribution in [1.82, 2.24) is 4.90 Å². The summed E-state index contributed by atoms with van der Waals surface area (Å²) in [6.45, 7) is 0.464. The van der Waals surface area contributed by atoms with Crippen molar-refractivity contribution in [2.45, 2.75) is 18.6 Å². The van der Waals surface area contributed by atoms with Gasteiger partial charge in [0.05, 0.1) is 31.4 Å². The summed E-state index contributed by atoms with van der Waals surface area (Å²) in [7, 11) is 3.07. The molecule has 1 aliphatic heterocycles. The zero-order chi connectivity index (χ0) is 20.3. The van der Waals surface area contributed by atoms with Gasteiger partial charge in [0, 0.05) is 19.0 Å². The normalized spacial score (nSPS) is 19.2. The van der Waals surface area contributed by atoms with Gasteiger partial charge in [-0.3, -0.25) is 4.79 Å². The number of ether oxygens (including phenoxy) is 3. The molecule has 0 radical (unpaired) electrons. The Labute approximate surface area is 167 Å². The maximum Gasteiger partial charge on any atom is 0.255 e. The number of carbonyl (C=O) groups is 1. The monoisotopic (exact) mass is 409 g/mol. The highest BCUT2D eigenvalue weighted by Gasteiger charge is 2.32. The Morgan fingerprint density at radius 2 is 1.93 bits per heavy atom. The van der Waals surface area contributed by atoms with Gasteiger partial charge < -0.3 is 24.2 Å². The number of rotatable bonds is 5. The van der Waals surface area contributed by atoms with Gasteiger partial charge in [-0.25, -0.2) is 4.39 Å². The first-order valence-electron chi connectivity index (χ1n) is 8.74. The zero-order valence-electron chi connectivity index (χ0n) is 15.5. The van der Waals surface area contributed by atoms with Crippen molar-refractivity contribution in [2.24, 2.45) is 0 Å². The molecule has 2 aromatic rings. The topological polar surface area (TPSA) is 68.2 Å². The summed E-state index contributed by atoms with van der Waals surface area (Å²) < 4.78 is 29.5. The Hall–Kier alpha value is -2.51. The third-order valence-corrected chi connectivity index (χ3v) is 4.92. The smallest absolute Gasteiger partial charge is 0.255 e. The number of carbonyl (C=O) groups excluding carboxylic acids is 1. The lowest BCUT2D eigenvalue weighted by Crippen LogP contribution is -2.51. The van der Waals surface area contributed by atoms with Gasteiger partial charge in [-0.2, -0.15) is 0 Å². The van der Waals surface area contributed by atoms with Crippen molar-refractivity contribution in [2.75, 3.05) is 27.3 Å². The third-order valence-electron chi connectivity index (χ3n) is 4.61. The SMILES string of the molecule is COc1ccc(O[C@@H]2CCN(C(=O)c3ccc(F)cc3Cl)C[C@H]2O)cc1OC. The number of halogens is 2. The molecule has 6 nitrogen and oxygen atoms in total. The average Bonchev–Trinajstić information content (AvgIpc) is 2.69. The summed E-state index contributed by atoms with van der Waals surface area (Å²) >= 11 is 5.97. The van der Waals surface area contributed by atoms with E-state index in [0.717, 1.165) is 6.07 Å². The zero-order valence-corrected chi connectivity index (χ0v) is 16.3. The molecule has 0 aromatic heterocycles. The molecule has 1 fully saturated rings. The number of hydrogen-bond donors (Lipinski definition) is 1. The maximum absolute atomic E-state index is 13.2. The molecule has 150 valence electrons. The van der Waals surface area contributed by atoms with Gasteiger partial charge in [0.2, 0.25) is 0 Å². The summed E-state index contributed by atoms with van der Waals surface area (Å²) in [6.07, 6.45) is -0.934. The first-order valence-corrected chi connectivity index (χ1v) is 9.11. The molecular weight excluding hydrogens is 389 g/mol. The number of β-amino-alcohol motifs (C(OH)–C–C–N with tert-alkyl or cyclic N) is 1. The molecule has 1 amide bonds. The summed E-state index contributed by atoms with van der Waals surface area (Å²) in [5.74, 6) is 0.764. The van der Waals surface area contributed by atoms with E-state index in [9.17, 15) is 14.3 Å². The van der Waals surface area contributed by atoms with Crippen molar-refractivity contribution in [1.29, 1.82) is 0 Å². The highest BCUT2D eigenvalue weighted by molar-refractivity contribution is 6.33. The summed E-state index contributed by atoms with van der Waals surface area (Å²) in [6, 6.07) is 8.75. The van der Waals surface area contributed by atoms with E-state index < -0.39 is 18.0 Å². The van der Waals surface area contributed by atoms with Crippen LogP contribution in [0.2, 0.25) is 5.02 Å². The van der Waals surface area contributed by atoms with Crippen LogP contribution < -0.4 is 14.2 Å². The molecule has 2 atom stereocenters. The molecule has 1 heterocycles. The van der Waals surface area contributed by atoms with Gasteiger partial charge in [-0.15, -0.1) is 0 Å². The number of benzene rings is 2. The van der Waals surface area contributed by atoms with Gasteiger partial charge in [0.1, 0.15) is 23.8 Å². The number of piperidine rings is 1. The lowest BCUT2D eigenvalue weighted by molar-refractivity contribution is -0.0199. The Balaban J connectivity index is 1.66. The molecular formula is C20H21ClFNO5. The van der Waals surface area contributed by atoms with Crippen LogP contribution in [0.1, 0.15) is 16.8 Å². The summed E-state index contributed by atoms with van der Waals surface area (Å²) in [5, 5.41) is 10.5. The number of aliphatic hydroxyl groups is 1. The number of likely N-dealkylation sites (tertiary alicyclic amines) is 1. The molecule has 1 aliphatic rings. The Kier molecular flexibility index (Phi) is 6.26. The third kappa shape index (κ3) is 4.31. The number of nitrogens with zero attached hydrogens (tertiary/aromatic N) is 1.